The molecule has 2 aliphatic rings. The first-order valence-corrected chi connectivity index (χ1v) is 4.49. The molecule has 0 aromatic carbocycles. The van der Waals surface area contributed by atoms with E-state index in [4.69, 9.17) is 4.74 Å². The van der Waals surface area contributed by atoms with Crippen molar-refractivity contribution in [1.29, 1.82) is 0 Å². The van der Waals surface area contributed by atoms with Crippen LogP contribution >= 0.6 is 0 Å². The van der Waals surface area contributed by atoms with Gasteiger partial charge in [0, 0.05) is 5.57 Å². The van der Waals surface area contributed by atoms with Crippen LogP contribution in [-0.2, 0) is 14.3 Å². The first-order chi connectivity index (χ1) is 6.66. The lowest BCUT2D eigenvalue weighted by molar-refractivity contribution is -0.133. The highest BCUT2D eigenvalue weighted by atomic mass is 16.5. The van der Waals surface area contributed by atoms with Crippen molar-refractivity contribution in [1.82, 2.24) is 5.32 Å². The zero-order valence-corrected chi connectivity index (χ0v) is 7.82. The predicted molar refractivity (Wildman–Crippen MR) is 49.6 cm³/mol. The number of carbonyl (C=O) groups excluding carboxylic acids is 2. The monoisotopic (exact) mass is 193 g/mol. The van der Waals surface area contributed by atoms with Gasteiger partial charge in [-0.2, -0.15) is 0 Å². The lowest BCUT2D eigenvalue weighted by Crippen LogP contribution is -2.50. The van der Waals surface area contributed by atoms with Crippen LogP contribution in [0.2, 0.25) is 0 Å². The summed E-state index contributed by atoms with van der Waals surface area (Å²) in [6.07, 6.45) is 5.15. The van der Waals surface area contributed by atoms with Crippen molar-refractivity contribution in [2.24, 2.45) is 0 Å². The van der Waals surface area contributed by atoms with Gasteiger partial charge in [0.2, 0.25) is 5.91 Å². The standard InChI is InChI=1S/C10H11NO3/c1-6(12)7-2-3-9-8(4-7)11-10(13)5-14-9/h2-4,8-9H,5H2,1H3,(H,11,13). The highest BCUT2D eigenvalue weighted by Gasteiger charge is 2.28. The Morgan fingerprint density at radius 1 is 1.64 bits per heavy atom. The molecule has 0 radical (unpaired) electrons. The lowest BCUT2D eigenvalue weighted by atomic mass is 9.97. The van der Waals surface area contributed by atoms with Crippen molar-refractivity contribution in [3.05, 3.63) is 23.8 Å². The molecule has 4 nitrogen and oxygen atoms in total. The average molecular weight is 193 g/mol. The first kappa shape index (κ1) is 9.15. The molecule has 2 unspecified atom stereocenters. The number of nitrogens with one attached hydrogen (secondary N) is 1. The zero-order valence-electron chi connectivity index (χ0n) is 7.82. The number of fused-ring (bicyclic) bond motifs is 1. The Morgan fingerprint density at radius 3 is 3.14 bits per heavy atom. The van der Waals surface area contributed by atoms with Crippen LogP contribution in [0.15, 0.2) is 23.8 Å². The Hall–Kier alpha value is -1.42. The number of rotatable bonds is 1. The van der Waals surface area contributed by atoms with Gasteiger partial charge in [-0.15, -0.1) is 0 Å². The van der Waals surface area contributed by atoms with Crippen molar-refractivity contribution in [2.75, 3.05) is 6.61 Å². The van der Waals surface area contributed by atoms with E-state index in [-0.39, 0.29) is 30.4 Å². The van der Waals surface area contributed by atoms with Crippen LogP contribution in [0, 0.1) is 0 Å². The van der Waals surface area contributed by atoms with Crippen LogP contribution in [0.4, 0.5) is 0 Å². The van der Waals surface area contributed by atoms with E-state index in [1.165, 1.54) is 6.92 Å². The summed E-state index contributed by atoms with van der Waals surface area (Å²) in [5.74, 6) is -0.139. The molecule has 1 N–H and O–H groups in total. The van der Waals surface area contributed by atoms with Gasteiger partial charge in [-0.05, 0) is 13.0 Å². The van der Waals surface area contributed by atoms with Crippen molar-refractivity contribution in [3.8, 4) is 0 Å². The quantitative estimate of drug-likeness (QED) is 0.635. The fraction of sp³-hybridized carbons (Fsp3) is 0.400. The van der Waals surface area contributed by atoms with E-state index in [0.29, 0.717) is 5.57 Å². The highest BCUT2D eigenvalue weighted by molar-refractivity contribution is 5.96. The molecule has 1 saturated heterocycles. The molecule has 1 aliphatic heterocycles. The van der Waals surface area contributed by atoms with Crippen molar-refractivity contribution in [3.63, 3.8) is 0 Å². The fourth-order valence-corrected chi connectivity index (χ4v) is 1.58. The summed E-state index contributed by atoms with van der Waals surface area (Å²) in [7, 11) is 0. The fourth-order valence-electron chi connectivity index (χ4n) is 1.58. The van der Waals surface area contributed by atoms with Gasteiger partial charge in [0.1, 0.15) is 12.7 Å². The van der Waals surface area contributed by atoms with Crippen LogP contribution in [0.5, 0.6) is 0 Å². The molecule has 4 heteroatoms. The number of amides is 1. The second kappa shape index (κ2) is 3.38. The summed E-state index contributed by atoms with van der Waals surface area (Å²) in [5.41, 5.74) is 0.622. The normalized spacial score (nSPS) is 30.4. The molecule has 2 atom stereocenters. The summed E-state index contributed by atoms with van der Waals surface area (Å²) in [4.78, 5) is 22.1. The second-order valence-corrected chi connectivity index (χ2v) is 3.41. The van der Waals surface area contributed by atoms with Crippen molar-refractivity contribution >= 4 is 11.7 Å². The third-order valence-corrected chi connectivity index (χ3v) is 2.32. The summed E-state index contributed by atoms with van der Waals surface area (Å²) >= 11 is 0. The molecular weight excluding hydrogens is 182 g/mol. The van der Waals surface area contributed by atoms with Gasteiger partial charge in [-0.1, -0.05) is 12.2 Å². The van der Waals surface area contributed by atoms with Gasteiger partial charge < -0.3 is 10.1 Å². The maximum absolute atomic E-state index is 11.1. The molecule has 0 spiro atoms. The summed E-state index contributed by atoms with van der Waals surface area (Å²) < 4.78 is 5.27. The van der Waals surface area contributed by atoms with Crippen LogP contribution < -0.4 is 5.32 Å². The van der Waals surface area contributed by atoms with Crippen LogP contribution in [-0.4, -0.2) is 30.4 Å². The van der Waals surface area contributed by atoms with Gasteiger partial charge in [0.25, 0.3) is 0 Å². The number of ether oxygens (including phenoxy) is 1. The molecule has 1 aliphatic carbocycles. The third kappa shape index (κ3) is 1.61. The minimum Gasteiger partial charge on any atom is -0.362 e. The van der Waals surface area contributed by atoms with Gasteiger partial charge in [-0.25, -0.2) is 0 Å². The molecule has 2 rings (SSSR count). The number of morpholine rings is 1. The molecule has 0 aromatic heterocycles. The first-order valence-electron chi connectivity index (χ1n) is 4.49. The van der Waals surface area contributed by atoms with E-state index in [9.17, 15) is 9.59 Å². The Labute approximate surface area is 81.6 Å². The molecule has 1 heterocycles. The number of carbonyl (C=O) groups is 2. The van der Waals surface area contributed by atoms with Gasteiger partial charge in [-0.3, -0.25) is 9.59 Å². The Kier molecular flexibility index (Phi) is 2.21. The van der Waals surface area contributed by atoms with E-state index >= 15 is 0 Å². The number of hydrogen-bond acceptors (Lipinski definition) is 3. The Bertz CT molecular complexity index is 343. The predicted octanol–water partition coefficient (Wildman–Crippen LogP) is -0.0448. The number of ketones is 1. The lowest BCUT2D eigenvalue weighted by Gasteiger charge is -2.30. The van der Waals surface area contributed by atoms with Crippen LogP contribution in [0.3, 0.4) is 0 Å². The molecular formula is C10H11NO3. The molecule has 14 heavy (non-hydrogen) atoms. The smallest absolute Gasteiger partial charge is 0.246 e. The molecule has 0 bridgehead atoms. The number of allylic oxidation sites excluding steroid dienone is 2. The maximum Gasteiger partial charge on any atom is 0.246 e. The average Bonchev–Trinajstić information content (AvgIpc) is 2.16. The SMILES string of the molecule is CC(=O)C1=CC2NC(=O)COC2C=C1. The molecule has 1 fully saturated rings. The Balaban J connectivity index is 2.19. The minimum absolute atomic E-state index is 0.000442. The number of hydrogen-bond donors (Lipinski definition) is 1. The van der Waals surface area contributed by atoms with E-state index in [0.717, 1.165) is 0 Å². The zero-order chi connectivity index (χ0) is 10.1. The molecule has 0 saturated carbocycles. The summed E-state index contributed by atoms with van der Waals surface area (Å²) in [5, 5.41) is 2.76. The summed E-state index contributed by atoms with van der Waals surface area (Å²) in [6.45, 7) is 1.59. The second-order valence-electron chi connectivity index (χ2n) is 3.41. The topological polar surface area (TPSA) is 55.4 Å². The Morgan fingerprint density at radius 2 is 2.43 bits per heavy atom. The van der Waals surface area contributed by atoms with Crippen molar-refractivity contribution < 1.29 is 14.3 Å². The maximum atomic E-state index is 11.1. The summed E-state index contributed by atoms with van der Waals surface area (Å²) in [6, 6.07) is -0.194. The third-order valence-electron chi connectivity index (χ3n) is 2.32. The van der Waals surface area contributed by atoms with Gasteiger partial charge in [0.05, 0.1) is 6.04 Å². The highest BCUT2D eigenvalue weighted by Crippen LogP contribution is 2.17. The minimum atomic E-state index is -0.194. The van der Waals surface area contributed by atoms with Crippen LogP contribution in [0.1, 0.15) is 6.92 Å². The van der Waals surface area contributed by atoms with Gasteiger partial charge >= 0.3 is 0 Å². The van der Waals surface area contributed by atoms with Crippen LogP contribution in [0.25, 0.3) is 0 Å². The largest absolute Gasteiger partial charge is 0.362 e. The van der Waals surface area contributed by atoms with E-state index in [1.54, 1.807) is 18.2 Å². The van der Waals surface area contributed by atoms with Crippen molar-refractivity contribution in [2.45, 2.75) is 19.1 Å². The van der Waals surface area contributed by atoms with E-state index < -0.39 is 0 Å². The van der Waals surface area contributed by atoms with Gasteiger partial charge in [0.15, 0.2) is 5.78 Å². The molecule has 1 amide bonds. The van der Waals surface area contributed by atoms with E-state index in [1.807, 2.05) is 0 Å². The molecule has 0 aromatic rings. The molecule has 74 valence electrons. The number of Topliss-reactive ketones (excluding diaryl/α,β-unsaturated/α-hetero) is 1. The van der Waals surface area contributed by atoms with E-state index in [2.05, 4.69) is 5.32 Å².